The summed E-state index contributed by atoms with van der Waals surface area (Å²) >= 11 is 0. The molecule has 1 unspecified atom stereocenters. The molecule has 23 heavy (non-hydrogen) atoms. The largest absolute Gasteiger partial charge is 0.396 e. The molecule has 0 spiro atoms. The van der Waals surface area contributed by atoms with Crippen LogP contribution in [0.5, 0.6) is 0 Å². The van der Waals surface area contributed by atoms with Crippen LogP contribution < -0.4 is 4.90 Å². The Balaban J connectivity index is 1.66. The molecule has 1 atom stereocenters. The molecule has 1 aliphatic heterocycles. The van der Waals surface area contributed by atoms with E-state index in [0.717, 1.165) is 16.8 Å². The number of aliphatic hydroxyl groups is 1. The van der Waals surface area contributed by atoms with Crippen molar-refractivity contribution in [2.24, 2.45) is 5.92 Å². The van der Waals surface area contributed by atoms with Gasteiger partial charge in [-0.3, -0.25) is 4.79 Å². The molecule has 0 aliphatic carbocycles. The van der Waals surface area contributed by atoms with E-state index in [9.17, 15) is 9.90 Å². The van der Waals surface area contributed by atoms with E-state index < -0.39 is 0 Å². The molecule has 2 aromatic carbocycles. The second-order valence-corrected chi connectivity index (χ2v) is 6.05. The Kier molecular flexibility index (Phi) is 3.39. The molecule has 0 radical (unpaired) electrons. The Hall–Kier alpha value is -2.59. The molecule has 1 aliphatic rings. The van der Waals surface area contributed by atoms with Gasteiger partial charge in [-0.2, -0.15) is 0 Å². The number of aliphatic hydroxyl groups excluding tert-OH is 1. The lowest BCUT2D eigenvalue weighted by atomic mass is 10.0. The van der Waals surface area contributed by atoms with Gasteiger partial charge in [0.05, 0.1) is 0 Å². The first kappa shape index (κ1) is 14.0. The van der Waals surface area contributed by atoms with Gasteiger partial charge in [0.15, 0.2) is 0 Å². The van der Waals surface area contributed by atoms with Crippen LogP contribution in [0.25, 0.3) is 22.0 Å². The van der Waals surface area contributed by atoms with E-state index in [0.29, 0.717) is 13.0 Å². The van der Waals surface area contributed by atoms with Crippen molar-refractivity contribution in [1.82, 2.24) is 4.98 Å². The fourth-order valence-electron chi connectivity index (χ4n) is 3.31. The van der Waals surface area contributed by atoms with Crippen LogP contribution in [-0.4, -0.2) is 29.1 Å². The van der Waals surface area contributed by atoms with E-state index in [4.69, 9.17) is 0 Å². The molecule has 2 heterocycles. The highest BCUT2D eigenvalue weighted by atomic mass is 16.3. The van der Waals surface area contributed by atoms with Crippen LogP contribution >= 0.6 is 0 Å². The van der Waals surface area contributed by atoms with Crippen LogP contribution in [-0.2, 0) is 4.79 Å². The topological polar surface area (TPSA) is 56.3 Å². The van der Waals surface area contributed by atoms with Gasteiger partial charge in [0, 0.05) is 48.3 Å². The van der Waals surface area contributed by atoms with Crippen molar-refractivity contribution in [3.05, 3.63) is 54.7 Å². The zero-order valence-corrected chi connectivity index (χ0v) is 12.7. The smallest absolute Gasteiger partial charge is 0.227 e. The molecule has 0 saturated carbocycles. The van der Waals surface area contributed by atoms with Gasteiger partial charge in [0.2, 0.25) is 5.91 Å². The van der Waals surface area contributed by atoms with Crippen LogP contribution in [0.3, 0.4) is 0 Å². The second-order valence-electron chi connectivity index (χ2n) is 6.05. The third kappa shape index (κ3) is 2.41. The van der Waals surface area contributed by atoms with Gasteiger partial charge < -0.3 is 15.0 Å². The number of nitrogens with one attached hydrogen (secondary N) is 1. The van der Waals surface area contributed by atoms with E-state index in [1.807, 2.05) is 24.4 Å². The molecule has 2 N–H and O–H groups in total. The first-order valence-corrected chi connectivity index (χ1v) is 7.84. The Bertz CT molecular complexity index is 851. The maximum Gasteiger partial charge on any atom is 0.227 e. The van der Waals surface area contributed by atoms with E-state index in [2.05, 4.69) is 35.3 Å². The lowest BCUT2D eigenvalue weighted by Crippen LogP contribution is -2.24. The van der Waals surface area contributed by atoms with Crippen molar-refractivity contribution in [2.75, 3.05) is 18.1 Å². The zero-order valence-electron chi connectivity index (χ0n) is 12.7. The quantitative estimate of drug-likeness (QED) is 0.781. The number of hydrogen-bond donors (Lipinski definition) is 2. The van der Waals surface area contributed by atoms with E-state index in [-0.39, 0.29) is 18.4 Å². The summed E-state index contributed by atoms with van der Waals surface area (Å²) in [5.74, 6) is 0.139. The Morgan fingerprint density at radius 2 is 1.96 bits per heavy atom. The molecule has 1 aromatic heterocycles. The molecule has 4 rings (SSSR count). The lowest BCUT2D eigenvalue weighted by Gasteiger charge is -2.17. The number of fused-ring (bicyclic) bond motifs is 1. The summed E-state index contributed by atoms with van der Waals surface area (Å²) < 4.78 is 0. The van der Waals surface area contributed by atoms with Gasteiger partial charge in [-0.05, 0) is 35.4 Å². The predicted molar refractivity (Wildman–Crippen MR) is 91.3 cm³/mol. The van der Waals surface area contributed by atoms with Gasteiger partial charge in [-0.25, -0.2) is 0 Å². The third-order valence-electron chi connectivity index (χ3n) is 4.55. The average Bonchev–Trinajstić information content (AvgIpc) is 3.21. The van der Waals surface area contributed by atoms with Gasteiger partial charge in [-0.1, -0.05) is 24.3 Å². The first-order valence-electron chi connectivity index (χ1n) is 7.84. The summed E-state index contributed by atoms with van der Waals surface area (Å²) in [7, 11) is 0. The summed E-state index contributed by atoms with van der Waals surface area (Å²) in [6.07, 6.45) is 2.38. The normalized spacial score (nSPS) is 18.0. The van der Waals surface area contributed by atoms with Gasteiger partial charge in [0.1, 0.15) is 0 Å². The molecule has 0 bridgehead atoms. The van der Waals surface area contributed by atoms with E-state index in [1.165, 1.54) is 10.9 Å². The number of nitrogens with zero attached hydrogens (tertiary/aromatic N) is 1. The maximum absolute atomic E-state index is 12.0. The minimum Gasteiger partial charge on any atom is -0.396 e. The molecule has 3 aromatic rings. The minimum absolute atomic E-state index is 0.0516. The number of amides is 1. The SMILES string of the molecule is O=C1CC(CO)CN1c1ccc(-c2cccc3[nH]ccc23)cc1. The average molecular weight is 306 g/mol. The standard InChI is InChI=1S/C19H18N2O2/c22-12-13-10-19(23)21(11-13)15-6-4-14(5-7-15)16-2-1-3-18-17(16)8-9-20-18/h1-9,13,20,22H,10-12H2. The van der Waals surface area contributed by atoms with E-state index in [1.54, 1.807) is 4.90 Å². The number of hydrogen-bond acceptors (Lipinski definition) is 2. The molecule has 1 fully saturated rings. The van der Waals surface area contributed by atoms with Crippen molar-refractivity contribution < 1.29 is 9.90 Å². The molecule has 4 heteroatoms. The Morgan fingerprint density at radius 3 is 2.70 bits per heavy atom. The van der Waals surface area contributed by atoms with Crippen molar-refractivity contribution in [3.63, 3.8) is 0 Å². The van der Waals surface area contributed by atoms with Crippen LogP contribution in [0.2, 0.25) is 0 Å². The molecular weight excluding hydrogens is 288 g/mol. The van der Waals surface area contributed by atoms with Gasteiger partial charge >= 0.3 is 0 Å². The number of carbonyl (C=O) groups excluding carboxylic acids is 1. The number of rotatable bonds is 3. The Labute approximate surface area is 134 Å². The van der Waals surface area contributed by atoms with Crippen molar-refractivity contribution >= 4 is 22.5 Å². The number of anilines is 1. The maximum atomic E-state index is 12.0. The summed E-state index contributed by atoms with van der Waals surface area (Å²) in [6, 6.07) is 16.4. The van der Waals surface area contributed by atoms with Crippen LogP contribution in [0.1, 0.15) is 6.42 Å². The van der Waals surface area contributed by atoms with Gasteiger partial charge in [0.25, 0.3) is 0 Å². The minimum atomic E-state index is 0.0516. The third-order valence-corrected chi connectivity index (χ3v) is 4.55. The number of carbonyl (C=O) groups is 1. The molecule has 4 nitrogen and oxygen atoms in total. The zero-order chi connectivity index (χ0) is 15.8. The molecule has 116 valence electrons. The fourth-order valence-corrected chi connectivity index (χ4v) is 3.31. The summed E-state index contributed by atoms with van der Waals surface area (Å²) in [4.78, 5) is 17.0. The van der Waals surface area contributed by atoms with Crippen molar-refractivity contribution in [1.29, 1.82) is 0 Å². The van der Waals surface area contributed by atoms with Crippen molar-refractivity contribution in [3.8, 4) is 11.1 Å². The number of aromatic nitrogens is 1. The summed E-state index contributed by atoms with van der Waals surface area (Å²) in [5.41, 5.74) is 4.32. The Morgan fingerprint density at radius 1 is 1.13 bits per heavy atom. The predicted octanol–water partition coefficient (Wildman–Crippen LogP) is 3.18. The number of H-pyrrole nitrogens is 1. The first-order chi connectivity index (χ1) is 11.3. The van der Waals surface area contributed by atoms with Crippen LogP contribution in [0.15, 0.2) is 54.7 Å². The highest BCUT2D eigenvalue weighted by molar-refractivity contribution is 5.97. The molecule has 1 saturated heterocycles. The lowest BCUT2D eigenvalue weighted by molar-refractivity contribution is -0.117. The fraction of sp³-hybridized carbons (Fsp3) is 0.211. The number of benzene rings is 2. The van der Waals surface area contributed by atoms with E-state index >= 15 is 0 Å². The van der Waals surface area contributed by atoms with Crippen LogP contribution in [0.4, 0.5) is 5.69 Å². The highest BCUT2D eigenvalue weighted by Gasteiger charge is 2.29. The molecule has 1 amide bonds. The van der Waals surface area contributed by atoms with Gasteiger partial charge in [-0.15, -0.1) is 0 Å². The van der Waals surface area contributed by atoms with Crippen LogP contribution in [0, 0.1) is 5.92 Å². The van der Waals surface area contributed by atoms with Crippen molar-refractivity contribution in [2.45, 2.75) is 6.42 Å². The summed E-state index contributed by atoms with van der Waals surface area (Å²) in [6.45, 7) is 0.665. The number of aromatic amines is 1. The highest BCUT2D eigenvalue weighted by Crippen LogP contribution is 2.31. The monoisotopic (exact) mass is 306 g/mol. The summed E-state index contributed by atoms with van der Waals surface area (Å²) in [5, 5.41) is 10.4. The molecular formula is C19H18N2O2. The second kappa shape index (κ2) is 5.56.